The van der Waals surface area contributed by atoms with E-state index in [1.807, 2.05) is 51.1 Å². The van der Waals surface area contributed by atoms with E-state index < -0.39 is 21.6 Å². The van der Waals surface area contributed by atoms with Gasteiger partial charge in [-0.1, -0.05) is 77.8 Å². The SMILES string of the molecule is CC(C)(C)NC(=O)[C@@H](Cc1ccccc1)N(Cc1c(Cl)cccc1Cl)C(=O)CCCN(c1ccccc1)S(C)(=O)=O. The van der Waals surface area contributed by atoms with E-state index in [1.165, 1.54) is 9.21 Å². The van der Waals surface area contributed by atoms with Gasteiger partial charge in [-0.2, -0.15) is 0 Å². The van der Waals surface area contributed by atoms with Crippen LogP contribution in [0.15, 0.2) is 78.9 Å². The zero-order valence-corrected chi connectivity index (χ0v) is 26.1. The first-order valence-corrected chi connectivity index (χ1v) is 16.0. The minimum Gasteiger partial charge on any atom is -0.350 e. The largest absolute Gasteiger partial charge is 0.350 e. The molecule has 0 spiro atoms. The van der Waals surface area contributed by atoms with Crippen LogP contribution in [0.5, 0.6) is 0 Å². The van der Waals surface area contributed by atoms with Crippen LogP contribution in [-0.4, -0.2) is 49.5 Å². The Bertz CT molecular complexity index is 1410. The van der Waals surface area contributed by atoms with Crippen LogP contribution in [0.2, 0.25) is 10.0 Å². The van der Waals surface area contributed by atoms with Crippen LogP contribution in [0.4, 0.5) is 5.69 Å². The van der Waals surface area contributed by atoms with Gasteiger partial charge in [0, 0.05) is 47.1 Å². The lowest BCUT2D eigenvalue weighted by molar-refractivity contribution is -0.142. The van der Waals surface area contributed by atoms with Crippen molar-refractivity contribution in [2.45, 2.75) is 58.2 Å². The standard InChI is InChI=1S/C31H37Cl2N3O4S/c1-31(2,3)34-30(38)28(21-23-13-7-5-8-14-23)35(22-25-26(32)17-11-18-27(25)33)29(37)19-12-20-36(41(4,39)40)24-15-9-6-10-16-24/h5-11,13-18,28H,12,19-22H2,1-4H3,(H,34,38)/t28-/m1/s1. The van der Waals surface area contributed by atoms with E-state index in [9.17, 15) is 18.0 Å². The first kappa shape index (κ1) is 32.4. The first-order valence-electron chi connectivity index (χ1n) is 13.4. The molecule has 0 aliphatic rings. The maximum Gasteiger partial charge on any atom is 0.243 e. The highest BCUT2D eigenvalue weighted by molar-refractivity contribution is 7.92. The van der Waals surface area contributed by atoms with Crippen LogP contribution in [0.25, 0.3) is 0 Å². The molecule has 0 fully saturated rings. The Morgan fingerprint density at radius 3 is 1.98 bits per heavy atom. The highest BCUT2D eigenvalue weighted by atomic mass is 35.5. The molecule has 1 N–H and O–H groups in total. The van der Waals surface area contributed by atoms with Crippen molar-refractivity contribution in [3.63, 3.8) is 0 Å². The Labute approximate surface area is 253 Å². The normalized spacial score (nSPS) is 12.4. The average Bonchev–Trinajstić information content (AvgIpc) is 2.89. The van der Waals surface area contributed by atoms with Crippen molar-refractivity contribution < 1.29 is 18.0 Å². The van der Waals surface area contributed by atoms with E-state index in [-0.39, 0.29) is 44.2 Å². The quantitative estimate of drug-likeness (QED) is 0.266. The topological polar surface area (TPSA) is 86.8 Å². The number of halogens is 2. The number of amides is 2. The number of carbonyl (C=O) groups excluding carboxylic acids is 2. The minimum atomic E-state index is -3.58. The van der Waals surface area contributed by atoms with Crippen molar-refractivity contribution in [1.29, 1.82) is 0 Å². The summed E-state index contributed by atoms with van der Waals surface area (Å²) < 4.78 is 26.4. The van der Waals surface area contributed by atoms with Gasteiger partial charge in [-0.25, -0.2) is 8.42 Å². The molecule has 0 radical (unpaired) electrons. The molecule has 0 heterocycles. The lowest BCUT2D eigenvalue weighted by Gasteiger charge is -2.34. The van der Waals surface area contributed by atoms with Crippen molar-refractivity contribution in [2.75, 3.05) is 17.1 Å². The first-order chi connectivity index (χ1) is 19.3. The lowest BCUT2D eigenvalue weighted by Crippen LogP contribution is -2.54. The Balaban J connectivity index is 1.94. The fraction of sp³-hybridized carbons (Fsp3) is 0.355. The second-order valence-corrected chi connectivity index (χ2v) is 13.7. The van der Waals surface area contributed by atoms with Gasteiger partial charge in [-0.15, -0.1) is 0 Å². The lowest BCUT2D eigenvalue weighted by atomic mass is 10.00. The molecule has 3 aromatic carbocycles. The van der Waals surface area contributed by atoms with E-state index in [4.69, 9.17) is 23.2 Å². The third kappa shape index (κ3) is 9.76. The number of carbonyl (C=O) groups is 2. The summed E-state index contributed by atoms with van der Waals surface area (Å²) in [7, 11) is -3.58. The number of hydrogen-bond acceptors (Lipinski definition) is 4. The van der Waals surface area contributed by atoms with Gasteiger partial charge in [0.25, 0.3) is 0 Å². The van der Waals surface area contributed by atoms with Gasteiger partial charge in [0.1, 0.15) is 6.04 Å². The molecule has 10 heteroatoms. The van der Waals surface area contributed by atoms with Gasteiger partial charge in [0.05, 0.1) is 11.9 Å². The molecular formula is C31H37Cl2N3O4S. The van der Waals surface area contributed by atoms with Crippen LogP contribution in [0.1, 0.15) is 44.7 Å². The molecular weight excluding hydrogens is 581 g/mol. The van der Waals surface area contributed by atoms with Crippen molar-refractivity contribution in [1.82, 2.24) is 10.2 Å². The maximum atomic E-state index is 13.9. The van der Waals surface area contributed by atoms with Crippen molar-refractivity contribution in [3.8, 4) is 0 Å². The predicted octanol–water partition coefficient (Wildman–Crippen LogP) is 6.09. The van der Waals surface area contributed by atoms with Crippen molar-refractivity contribution in [2.24, 2.45) is 0 Å². The van der Waals surface area contributed by atoms with Gasteiger partial charge in [0.2, 0.25) is 21.8 Å². The molecule has 3 aromatic rings. The maximum absolute atomic E-state index is 13.9. The summed E-state index contributed by atoms with van der Waals surface area (Å²) in [5, 5.41) is 3.79. The van der Waals surface area contributed by atoms with Crippen LogP contribution >= 0.6 is 23.2 Å². The van der Waals surface area contributed by atoms with E-state index >= 15 is 0 Å². The number of hydrogen-bond donors (Lipinski definition) is 1. The number of nitrogens with zero attached hydrogens (tertiary/aromatic N) is 2. The molecule has 1 atom stereocenters. The van der Waals surface area contributed by atoms with Gasteiger partial charge in [-0.05, 0) is 57.0 Å². The molecule has 0 aliphatic heterocycles. The van der Waals surface area contributed by atoms with Gasteiger partial charge < -0.3 is 10.2 Å². The smallest absolute Gasteiger partial charge is 0.243 e. The van der Waals surface area contributed by atoms with Gasteiger partial charge in [0.15, 0.2) is 0 Å². The monoisotopic (exact) mass is 617 g/mol. The van der Waals surface area contributed by atoms with Crippen LogP contribution in [0.3, 0.4) is 0 Å². The third-order valence-corrected chi connectivity index (χ3v) is 8.26. The fourth-order valence-electron chi connectivity index (χ4n) is 4.46. The molecule has 7 nitrogen and oxygen atoms in total. The van der Waals surface area contributed by atoms with Crippen LogP contribution in [0, 0.1) is 0 Å². The fourth-order valence-corrected chi connectivity index (χ4v) is 5.94. The van der Waals surface area contributed by atoms with Crippen molar-refractivity contribution >= 4 is 50.7 Å². The minimum absolute atomic E-state index is 0.00894. The molecule has 220 valence electrons. The summed E-state index contributed by atoms with van der Waals surface area (Å²) in [5.41, 5.74) is 1.41. The van der Waals surface area contributed by atoms with E-state index in [2.05, 4.69) is 5.32 Å². The zero-order valence-electron chi connectivity index (χ0n) is 23.8. The predicted molar refractivity (Wildman–Crippen MR) is 167 cm³/mol. The Hall–Kier alpha value is -3.07. The second-order valence-electron chi connectivity index (χ2n) is 10.9. The molecule has 2 amide bonds. The van der Waals surface area contributed by atoms with E-state index in [0.29, 0.717) is 21.3 Å². The number of rotatable bonds is 12. The molecule has 0 unspecified atom stereocenters. The third-order valence-electron chi connectivity index (χ3n) is 6.36. The summed E-state index contributed by atoms with van der Waals surface area (Å²) in [6.45, 7) is 5.76. The summed E-state index contributed by atoms with van der Waals surface area (Å²) in [4.78, 5) is 29.1. The molecule has 0 aromatic heterocycles. The number of sulfonamides is 1. The Morgan fingerprint density at radius 1 is 0.878 bits per heavy atom. The van der Waals surface area contributed by atoms with Crippen LogP contribution < -0.4 is 9.62 Å². The van der Waals surface area contributed by atoms with Crippen molar-refractivity contribution in [3.05, 3.63) is 100 Å². The number of para-hydroxylation sites is 1. The molecule has 0 saturated heterocycles. The summed E-state index contributed by atoms with van der Waals surface area (Å²) in [6.07, 6.45) is 1.66. The number of nitrogens with one attached hydrogen (secondary N) is 1. The van der Waals surface area contributed by atoms with Crippen LogP contribution in [-0.2, 0) is 32.6 Å². The Morgan fingerprint density at radius 2 is 1.44 bits per heavy atom. The number of benzene rings is 3. The summed E-state index contributed by atoms with van der Waals surface area (Å²) in [6, 6.07) is 22.5. The molecule has 0 aliphatic carbocycles. The summed E-state index contributed by atoms with van der Waals surface area (Å²) in [5.74, 6) is -0.618. The number of anilines is 1. The van der Waals surface area contributed by atoms with E-state index in [1.54, 1.807) is 48.5 Å². The average molecular weight is 619 g/mol. The molecule has 41 heavy (non-hydrogen) atoms. The zero-order chi connectivity index (χ0) is 30.2. The molecule has 3 rings (SSSR count). The highest BCUT2D eigenvalue weighted by Crippen LogP contribution is 2.28. The molecule has 0 bridgehead atoms. The highest BCUT2D eigenvalue weighted by Gasteiger charge is 2.33. The van der Waals surface area contributed by atoms with Gasteiger partial charge in [-0.3, -0.25) is 13.9 Å². The second kappa shape index (κ2) is 14.2. The van der Waals surface area contributed by atoms with E-state index in [0.717, 1.165) is 11.8 Å². The molecule has 0 saturated carbocycles. The van der Waals surface area contributed by atoms with Gasteiger partial charge >= 0.3 is 0 Å². The summed E-state index contributed by atoms with van der Waals surface area (Å²) >= 11 is 13.0. The Kier molecular flexibility index (Phi) is 11.2.